The molecule has 27 heavy (non-hydrogen) atoms. The molecule has 1 aliphatic heterocycles. The van der Waals surface area contributed by atoms with Gasteiger partial charge in [0, 0.05) is 37.3 Å². The maximum atomic E-state index is 13.5. The summed E-state index contributed by atoms with van der Waals surface area (Å²) in [5, 5.41) is 3.15. The molecule has 3 rings (SSSR count). The molecule has 1 N–H and O–H groups in total. The molecule has 2 heterocycles. The maximum Gasteiger partial charge on any atom is 0.244 e. The fraction of sp³-hybridized carbons (Fsp3) is 0.389. The first-order valence-corrected chi connectivity index (χ1v) is 11.3. The van der Waals surface area contributed by atoms with Crippen LogP contribution in [0.3, 0.4) is 0 Å². The van der Waals surface area contributed by atoms with E-state index < -0.39 is 10.0 Å². The summed E-state index contributed by atoms with van der Waals surface area (Å²) >= 11 is 1.62. The van der Waals surface area contributed by atoms with E-state index in [2.05, 4.69) is 10.3 Å². The molecule has 1 fully saturated rings. The second kappa shape index (κ2) is 9.50. The zero-order valence-electron chi connectivity index (χ0n) is 14.8. The summed E-state index contributed by atoms with van der Waals surface area (Å²) in [4.78, 5) is 4.38. The molecule has 1 aromatic carbocycles. The second-order valence-electron chi connectivity index (χ2n) is 5.97. The van der Waals surface area contributed by atoms with Gasteiger partial charge in [-0.25, -0.2) is 17.8 Å². The number of hydrogen-bond acceptors (Lipinski definition) is 6. The Morgan fingerprint density at radius 1 is 1.19 bits per heavy atom. The molecule has 2 aromatic rings. The molecule has 0 bridgehead atoms. The first-order valence-electron chi connectivity index (χ1n) is 8.66. The van der Waals surface area contributed by atoms with Crippen molar-refractivity contribution in [3.8, 4) is 0 Å². The highest BCUT2D eigenvalue weighted by atomic mass is 32.2. The van der Waals surface area contributed by atoms with Crippen LogP contribution in [0.25, 0.3) is 0 Å². The van der Waals surface area contributed by atoms with Crippen LogP contribution >= 0.6 is 11.8 Å². The highest BCUT2D eigenvalue weighted by Crippen LogP contribution is 2.18. The highest BCUT2D eigenvalue weighted by molar-refractivity contribution is 7.98. The minimum Gasteiger partial charge on any atom is -0.379 e. The lowest BCUT2D eigenvalue weighted by molar-refractivity contribution is 0.0730. The van der Waals surface area contributed by atoms with Crippen molar-refractivity contribution in [1.82, 2.24) is 9.29 Å². The SMILES string of the molecule is O=S(=O)(c1ccc(NCCSCc2ccccc2F)nc1)N1CCOCC1. The van der Waals surface area contributed by atoms with Gasteiger partial charge in [-0.2, -0.15) is 16.1 Å². The standard InChI is InChI=1S/C18H22FN3O3S2/c19-17-4-2-1-3-15(17)14-26-12-7-20-18-6-5-16(13-21-18)27(23,24)22-8-10-25-11-9-22/h1-6,13H,7-12,14H2,(H,20,21). The number of sulfonamides is 1. The summed E-state index contributed by atoms with van der Waals surface area (Å²) in [6, 6.07) is 9.98. The number of hydrogen-bond donors (Lipinski definition) is 1. The summed E-state index contributed by atoms with van der Waals surface area (Å²) in [5.41, 5.74) is 0.693. The van der Waals surface area contributed by atoms with Crippen molar-refractivity contribution >= 4 is 27.6 Å². The predicted molar refractivity (Wildman–Crippen MR) is 105 cm³/mol. The maximum absolute atomic E-state index is 13.5. The van der Waals surface area contributed by atoms with Crippen LogP contribution in [0.1, 0.15) is 5.56 Å². The molecular formula is C18H22FN3O3S2. The number of anilines is 1. The van der Waals surface area contributed by atoms with E-state index in [4.69, 9.17) is 4.74 Å². The number of morpholine rings is 1. The lowest BCUT2D eigenvalue weighted by Gasteiger charge is -2.25. The van der Waals surface area contributed by atoms with Crippen molar-refractivity contribution in [2.75, 3.05) is 43.9 Å². The number of aromatic nitrogens is 1. The van der Waals surface area contributed by atoms with E-state index in [0.717, 1.165) is 5.75 Å². The van der Waals surface area contributed by atoms with Gasteiger partial charge >= 0.3 is 0 Å². The van der Waals surface area contributed by atoms with Gasteiger partial charge in [0.25, 0.3) is 0 Å². The summed E-state index contributed by atoms with van der Waals surface area (Å²) in [7, 11) is -3.52. The average Bonchev–Trinajstić information content (AvgIpc) is 2.70. The van der Waals surface area contributed by atoms with E-state index in [1.165, 1.54) is 16.6 Å². The molecule has 1 aromatic heterocycles. The normalized spacial score (nSPS) is 15.6. The third-order valence-electron chi connectivity index (χ3n) is 4.11. The van der Waals surface area contributed by atoms with Crippen LogP contribution in [-0.4, -0.2) is 56.3 Å². The van der Waals surface area contributed by atoms with E-state index >= 15 is 0 Å². The monoisotopic (exact) mass is 411 g/mol. The van der Waals surface area contributed by atoms with Gasteiger partial charge in [0.2, 0.25) is 10.0 Å². The van der Waals surface area contributed by atoms with Gasteiger partial charge in [-0.05, 0) is 23.8 Å². The zero-order chi connectivity index (χ0) is 19.1. The van der Waals surface area contributed by atoms with Crippen LogP contribution in [-0.2, 0) is 20.5 Å². The summed E-state index contributed by atoms with van der Waals surface area (Å²) in [5.74, 6) is 1.82. The summed E-state index contributed by atoms with van der Waals surface area (Å²) < 4.78 is 45.2. The average molecular weight is 412 g/mol. The minimum absolute atomic E-state index is 0.184. The Morgan fingerprint density at radius 3 is 2.67 bits per heavy atom. The topological polar surface area (TPSA) is 71.5 Å². The molecule has 146 valence electrons. The van der Waals surface area contributed by atoms with E-state index in [1.807, 2.05) is 6.07 Å². The van der Waals surface area contributed by atoms with Crippen LogP contribution in [0.5, 0.6) is 0 Å². The van der Waals surface area contributed by atoms with Crippen molar-refractivity contribution in [3.05, 3.63) is 54.0 Å². The van der Waals surface area contributed by atoms with Crippen molar-refractivity contribution < 1.29 is 17.5 Å². The molecule has 1 aliphatic rings. The lowest BCUT2D eigenvalue weighted by Crippen LogP contribution is -2.40. The highest BCUT2D eigenvalue weighted by Gasteiger charge is 2.26. The molecule has 0 radical (unpaired) electrons. The fourth-order valence-electron chi connectivity index (χ4n) is 2.62. The minimum atomic E-state index is -3.52. The third-order valence-corrected chi connectivity index (χ3v) is 7.00. The van der Waals surface area contributed by atoms with Crippen LogP contribution in [0, 0.1) is 5.82 Å². The number of halogens is 1. The number of thioether (sulfide) groups is 1. The largest absolute Gasteiger partial charge is 0.379 e. The van der Waals surface area contributed by atoms with Crippen LogP contribution in [0.2, 0.25) is 0 Å². The molecule has 9 heteroatoms. The number of rotatable bonds is 8. The Morgan fingerprint density at radius 2 is 1.96 bits per heavy atom. The molecule has 0 amide bonds. The molecule has 0 saturated carbocycles. The van der Waals surface area contributed by atoms with Gasteiger partial charge in [-0.15, -0.1) is 0 Å². The Labute approximate surface area is 163 Å². The van der Waals surface area contributed by atoms with Crippen molar-refractivity contribution in [2.24, 2.45) is 0 Å². The first-order chi connectivity index (χ1) is 13.1. The number of benzene rings is 1. The molecule has 0 unspecified atom stereocenters. The number of nitrogens with zero attached hydrogens (tertiary/aromatic N) is 2. The second-order valence-corrected chi connectivity index (χ2v) is 9.01. The van der Waals surface area contributed by atoms with E-state index in [-0.39, 0.29) is 10.7 Å². The Hall–Kier alpha value is -1.68. The molecule has 0 aliphatic carbocycles. The van der Waals surface area contributed by atoms with Gasteiger partial charge in [0.15, 0.2) is 0 Å². The molecule has 1 saturated heterocycles. The van der Waals surface area contributed by atoms with Crippen molar-refractivity contribution in [1.29, 1.82) is 0 Å². The third kappa shape index (κ3) is 5.41. The predicted octanol–water partition coefficient (Wildman–Crippen LogP) is 2.59. The Bertz CT molecular complexity index is 841. The fourth-order valence-corrected chi connectivity index (χ4v) is 4.82. The van der Waals surface area contributed by atoms with Crippen LogP contribution in [0.4, 0.5) is 10.2 Å². The Balaban J connectivity index is 1.46. The molecule has 0 spiro atoms. The molecular weight excluding hydrogens is 389 g/mol. The van der Waals surface area contributed by atoms with E-state index in [0.29, 0.717) is 50.0 Å². The number of nitrogens with one attached hydrogen (secondary N) is 1. The molecule has 6 nitrogen and oxygen atoms in total. The first kappa shape index (κ1) is 20.1. The van der Waals surface area contributed by atoms with E-state index in [1.54, 1.807) is 36.0 Å². The summed E-state index contributed by atoms with van der Waals surface area (Å²) in [6.07, 6.45) is 1.37. The van der Waals surface area contributed by atoms with Crippen LogP contribution in [0.15, 0.2) is 47.5 Å². The van der Waals surface area contributed by atoms with Gasteiger partial charge in [0.1, 0.15) is 16.5 Å². The Kier molecular flexibility index (Phi) is 7.06. The van der Waals surface area contributed by atoms with Crippen molar-refractivity contribution in [3.63, 3.8) is 0 Å². The number of ether oxygens (including phenoxy) is 1. The smallest absolute Gasteiger partial charge is 0.244 e. The van der Waals surface area contributed by atoms with Gasteiger partial charge in [-0.3, -0.25) is 0 Å². The van der Waals surface area contributed by atoms with Gasteiger partial charge in [0.05, 0.1) is 13.2 Å². The van der Waals surface area contributed by atoms with Gasteiger partial charge in [-0.1, -0.05) is 18.2 Å². The summed E-state index contributed by atoms with van der Waals surface area (Å²) in [6.45, 7) is 2.21. The van der Waals surface area contributed by atoms with Crippen molar-refractivity contribution in [2.45, 2.75) is 10.6 Å². The quantitative estimate of drug-likeness (QED) is 0.674. The van der Waals surface area contributed by atoms with Crippen LogP contribution < -0.4 is 5.32 Å². The molecule has 0 atom stereocenters. The lowest BCUT2D eigenvalue weighted by atomic mass is 10.2. The zero-order valence-corrected chi connectivity index (χ0v) is 16.4. The van der Waals surface area contributed by atoms with E-state index in [9.17, 15) is 12.8 Å². The van der Waals surface area contributed by atoms with Gasteiger partial charge < -0.3 is 10.1 Å². The number of pyridine rings is 1.